The van der Waals surface area contributed by atoms with Gasteiger partial charge in [0.1, 0.15) is 47.4 Å². The van der Waals surface area contributed by atoms with Crippen LogP contribution in [0.25, 0.3) is 62.4 Å². The first-order chi connectivity index (χ1) is 53.3. The number of fused-ring (bicyclic) bond motifs is 6. The van der Waals surface area contributed by atoms with Crippen LogP contribution in [-0.2, 0) is 72.2 Å². The number of carbonyl (C=O) groups is 7. The molecule has 6 amide bonds. The van der Waals surface area contributed by atoms with Crippen LogP contribution in [0.5, 0.6) is 0 Å². The Hall–Kier alpha value is -8.36. The number of thiophene rings is 3. The minimum absolute atomic E-state index is 0.0239. The molecule has 0 saturated carbocycles. The van der Waals surface area contributed by atoms with E-state index >= 15 is 0 Å². The van der Waals surface area contributed by atoms with Gasteiger partial charge < -0.3 is 70.7 Å². The van der Waals surface area contributed by atoms with Crippen LogP contribution in [0.4, 0.5) is 34.2 Å². The number of aromatic nitrogens is 3. The molecule has 3 atom stereocenters. The number of para-hydroxylation sites is 3. The standard InChI is InChI=1S/C31H42N4O5S2.C21H26N4OS2.C19H21N3O2S2.C12H23NO4/c1-9-19(2)35(29(38)40-31(6,7)8)17-15-24(36)33-27-25(26-32-21-12-10-11-13-22(21)41-26)20-14-16-34(18-23(20)42-27)28(37)39-30(3,4)5;1-3-13(2)23-11-9-18(26)25-21-19(14-8-10-22-12-17(14)28-21)20-24-15-6-4-5-7-16(15)27-20;1-19(2,3)24-18(23)22-9-8-11-14(10-22)25-16(20)15(11)17-21-12-6-4-5-7-13(12)26-17;1-6-9(2)13(8-7-10(14)15)11(16)17-12(3,4)5/h10-13,19H,9,14-18H2,1-8H3,(H,33,36);4-7,13,22-23H,3,8-12H2,1-2H3,(H,25,26);4-7H,8-10,20H2,1-3H3;9H,6-8H2,1-5H3,(H,14,15). The molecule has 3 aromatic carbocycles. The molecule has 0 fully saturated rings. The van der Waals surface area contributed by atoms with Crippen LogP contribution in [0.15, 0.2) is 72.8 Å². The number of nitrogens with one attached hydrogen (secondary N) is 4. The zero-order valence-corrected chi connectivity index (χ0v) is 73.4. The third-order valence-corrected chi connectivity index (χ3v) is 25.0. The van der Waals surface area contributed by atoms with Gasteiger partial charge in [0.05, 0.1) is 55.2 Å². The highest BCUT2D eigenvalue weighted by atomic mass is 32.1. The van der Waals surface area contributed by atoms with Crippen LogP contribution >= 0.6 is 68.0 Å². The third-order valence-electron chi connectivity index (χ3n) is 18.5. The molecule has 0 aliphatic carbocycles. The van der Waals surface area contributed by atoms with E-state index in [4.69, 9.17) is 44.7 Å². The largest absolute Gasteiger partial charge is 0.481 e. The van der Waals surface area contributed by atoms with E-state index in [2.05, 4.69) is 53.3 Å². The van der Waals surface area contributed by atoms with Crippen molar-refractivity contribution in [1.82, 2.24) is 45.2 Å². The SMILES string of the molecule is CC(C)(C)OC(=O)N1CCc2c(sc(N)c2-c2nc3ccccc3s2)C1.CCC(C)N(CCC(=O)Nc1sc2c(c1-c1nc3ccccc3s1)CCN(C(=O)OC(C)(C)C)C2)C(=O)OC(C)(C)C.CCC(C)N(CCC(=O)O)C(=O)OC(C)(C)C.CCC(C)NCCC(=O)Nc1sc2c(c1-c1nc3ccccc3s1)CCNC2. The summed E-state index contributed by atoms with van der Waals surface area (Å²) in [7, 11) is 0. The lowest BCUT2D eigenvalue weighted by Gasteiger charge is -2.31. The first kappa shape index (κ1) is 88.6. The number of hydrogen-bond acceptors (Lipinski definition) is 23. The van der Waals surface area contributed by atoms with Gasteiger partial charge >= 0.3 is 30.3 Å². The highest BCUT2D eigenvalue weighted by Crippen LogP contribution is 2.48. The summed E-state index contributed by atoms with van der Waals surface area (Å²) in [5, 5.41) is 27.0. The van der Waals surface area contributed by atoms with Gasteiger partial charge in [-0.05, 0) is 202 Å². The number of amides is 6. The minimum atomic E-state index is -0.915. The number of ether oxygens (including phenoxy) is 4. The van der Waals surface area contributed by atoms with E-state index in [0.29, 0.717) is 56.6 Å². The first-order valence-electron chi connectivity index (χ1n) is 38.8. The zero-order valence-electron chi connectivity index (χ0n) is 68.5. The maximum absolute atomic E-state index is 13.3. The van der Waals surface area contributed by atoms with E-state index in [0.717, 1.165) is 128 Å². The Morgan fingerprint density at radius 2 is 0.903 bits per heavy atom. The number of carboxylic acids is 1. The summed E-state index contributed by atoms with van der Waals surface area (Å²) in [6.07, 6.45) is 3.99. The number of carbonyl (C=O) groups excluding carboxylic acids is 6. The summed E-state index contributed by atoms with van der Waals surface area (Å²) in [6, 6.07) is 24.7. The lowest BCUT2D eigenvalue weighted by Crippen LogP contribution is -2.43. The number of benzene rings is 3. The van der Waals surface area contributed by atoms with Crippen molar-refractivity contribution >= 4 is 156 Å². The number of anilines is 3. The third kappa shape index (κ3) is 24.8. The Bertz CT molecular complexity index is 4700. The van der Waals surface area contributed by atoms with Gasteiger partial charge in [0.25, 0.3) is 0 Å². The summed E-state index contributed by atoms with van der Waals surface area (Å²) in [5.74, 6) is -1.05. The van der Waals surface area contributed by atoms with Crippen molar-refractivity contribution in [3.63, 3.8) is 0 Å². The number of hydrogen-bond donors (Lipinski definition) is 6. The predicted octanol–water partition coefficient (Wildman–Crippen LogP) is 19.5. The van der Waals surface area contributed by atoms with Gasteiger partial charge in [-0.15, -0.1) is 68.0 Å². The summed E-state index contributed by atoms with van der Waals surface area (Å²) in [5.41, 5.74) is 13.8. The Morgan fingerprint density at radius 3 is 1.32 bits per heavy atom. The Morgan fingerprint density at radius 1 is 0.513 bits per heavy atom. The molecule has 7 N–H and O–H groups in total. The maximum atomic E-state index is 13.3. The molecule has 24 nitrogen and oxygen atoms in total. The molecule has 612 valence electrons. The van der Waals surface area contributed by atoms with E-state index in [1.165, 1.54) is 36.9 Å². The summed E-state index contributed by atoms with van der Waals surface area (Å²) < 4.78 is 25.4. The van der Waals surface area contributed by atoms with Crippen molar-refractivity contribution in [2.75, 3.05) is 55.6 Å². The first-order valence-corrected chi connectivity index (χ1v) is 43.7. The molecule has 0 spiro atoms. The lowest BCUT2D eigenvalue weighted by atomic mass is 10.0. The fraction of sp³-hybridized carbons (Fsp3) is 0.518. The van der Waals surface area contributed by atoms with E-state index in [-0.39, 0.29) is 62.0 Å². The van der Waals surface area contributed by atoms with Crippen molar-refractivity contribution < 1.29 is 57.6 Å². The average Bonchev–Trinajstić information content (AvgIpc) is 1.63. The van der Waals surface area contributed by atoms with Crippen LogP contribution in [0.3, 0.4) is 0 Å². The average molecular weight is 1660 g/mol. The minimum Gasteiger partial charge on any atom is -0.481 e. The molecular formula is C83H112N12O12S6. The van der Waals surface area contributed by atoms with Crippen molar-refractivity contribution in [1.29, 1.82) is 0 Å². The highest BCUT2D eigenvalue weighted by molar-refractivity contribution is 7.24. The number of carboxylic acid groups (broad SMARTS) is 1. The molecule has 3 aliphatic heterocycles. The predicted molar refractivity (Wildman–Crippen MR) is 461 cm³/mol. The van der Waals surface area contributed by atoms with E-state index in [9.17, 15) is 33.6 Å². The van der Waals surface area contributed by atoms with Crippen molar-refractivity contribution in [2.24, 2.45) is 0 Å². The number of nitrogens with two attached hydrogens (primary N) is 1. The van der Waals surface area contributed by atoms with E-state index in [1.807, 2.05) is 145 Å². The van der Waals surface area contributed by atoms with Crippen molar-refractivity contribution in [3.05, 3.63) is 104 Å². The molecule has 0 bridgehead atoms. The summed E-state index contributed by atoms with van der Waals surface area (Å²) >= 11 is 9.68. The van der Waals surface area contributed by atoms with Gasteiger partial charge in [-0.1, -0.05) is 57.2 Å². The van der Waals surface area contributed by atoms with Gasteiger partial charge in [0, 0.05) is 102 Å². The molecule has 9 aromatic rings. The van der Waals surface area contributed by atoms with Crippen LogP contribution in [-0.4, -0.2) is 162 Å². The van der Waals surface area contributed by atoms with Crippen molar-refractivity contribution in [2.45, 2.75) is 243 Å². The molecule has 6 aromatic heterocycles. The zero-order chi connectivity index (χ0) is 82.4. The molecule has 30 heteroatoms. The maximum Gasteiger partial charge on any atom is 0.410 e. The fourth-order valence-corrected chi connectivity index (χ4v) is 19.4. The van der Waals surface area contributed by atoms with Gasteiger partial charge in [-0.2, -0.15) is 0 Å². The molecule has 0 radical (unpaired) electrons. The Balaban J connectivity index is 0.000000181. The highest BCUT2D eigenvalue weighted by Gasteiger charge is 2.35. The smallest absolute Gasteiger partial charge is 0.410 e. The summed E-state index contributed by atoms with van der Waals surface area (Å²) in [6.45, 7) is 39.2. The monoisotopic (exact) mass is 1660 g/mol. The molecule has 12 rings (SSSR count). The number of aliphatic carboxylic acids is 1. The second kappa shape index (κ2) is 38.9. The van der Waals surface area contributed by atoms with Crippen LogP contribution < -0.4 is 27.0 Å². The number of thiazole rings is 3. The van der Waals surface area contributed by atoms with Gasteiger partial charge in [-0.25, -0.2) is 34.1 Å². The number of nitrogen functional groups attached to an aromatic ring is 1. The van der Waals surface area contributed by atoms with Gasteiger partial charge in [0.2, 0.25) is 11.8 Å². The Labute approximate surface area is 687 Å². The molecular weight excluding hydrogens is 1550 g/mol. The van der Waals surface area contributed by atoms with Crippen molar-refractivity contribution in [3.8, 4) is 31.7 Å². The molecule has 113 heavy (non-hydrogen) atoms. The number of rotatable bonds is 20. The summed E-state index contributed by atoms with van der Waals surface area (Å²) in [4.78, 5) is 111. The van der Waals surface area contributed by atoms with E-state index < -0.39 is 40.6 Å². The Kier molecular flexibility index (Phi) is 30.5. The second-order valence-electron chi connectivity index (χ2n) is 32.2. The lowest BCUT2D eigenvalue weighted by molar-refractivity contribution is -0.137. The normalized spacial score (nSPS) is 14.3. The van der Waals surface area contributed by atoms with E-state index in [1.54, 1.807) is 92.2 Å². The topological polar surface area (TPSA) is 302 Å². The van der Waals surface area contributed by atoms with Crippen LogP contribution in [0.1, 0.15) is 194 Å². The molecule has 3 unspecified atom stereocenters. The second-order valence-corrected chi connectivity index (χ2v) is 38.7. The van der Waals surface area contributed by atoms with Crippen LogP contribution in [0.2, 0.25) is 0 Å². The van der Waals surface area contributed by atoms with Gasteiger partial charge in [-0.3, -0.25) is 14.4 Å². The quantitative estimate of drug-likeness (QED) is 0.0386. The molecule has 9 heterocycles. The fourth-order valence-electron chi connectivity index (χ4n) is 12.4. The molecule has 3 aliphatic rings. The van der Waals surface area contributed by atoms with Gasteiger partial charge in [0.15, 0.2) is 0 Å². The molecule has 0 saturated heterocycles. The van der Waals surface area contributed by atoms with Crippen LogP contribution in [0, 0.1) is 0 Å². The number of nitrogens with zero attached hydrogens (tertiary/aromatic N) is 7.